The molecule has 1 saturated carbocycles. The highest BCUT2D eigenvalue weighted by Crippen LogP contribution is 2.35. The summed E-state index contributed by atoms with van der Waals surface area (Å²) in [5, 5.41) is 0. The maximum absolute atomic E-state index is 11.7. The van der Waals surface area contributed by atoms with Gasteiger partial charge in [0.25, 0.3) is 5.56 Å². The van der Waals surface area contributed by atoms with Crippen LogP contribution in [0.15, 0.2) is 47.4 Å². The van der Waals surface area contributed by atoms with Crippen LogP contribution in [0.2, 0.25) is 0 Å². The standard InChI is InChI=1S/C20H25NO/c1-15(17-6-3-2-4-7-17)18-11-9-16(10-12-18)14-19-8-5-13-21-20(19)22/h5,8-13,15,17H,2-4,6-7,14H2,1H3,(H,21,22). The monoisotopic (exact) mass is 295 g/mol. The summed E-state index contributed by atoms with van der Waals surface area (Å²) in [7, 11) is 0. The van der Waals surface area contributed by atoms with Crippen molar-refractivity contribution in [2.24, 2.45) is 5.92 Å². The van der Waals surface area contributed by atoms with E-state index in [2.05, 4.69) is 36.2 Å². The van der Waals surface area contributed by atoms with Crippen molar-refractivity contribution < 1.29 is 0 Å². The normalized spacial score (nSPS) is 17.3. The molecular weight excluding hydrogens is 270 g/mol. The Bertz CT molecular complexity index is 650. The summed E-state index contributed by atoms with van der Waals surface area (Å²) in [6.07, 6.45) is 9.33. The molecular formula is C20H25NO. The van der Waals surface area contributed by atoms with E-state index >= 15 is 0 Å². The molecule has 3 rings (SSSR count). The zero-order valence-corrected chi connectivity index (χ0v) is 13.3. The van der Waals surface area contributed by atoms with Crippen LogP contribution in [0.1, 0.15) is 61.6 Å². The van der Waals surface area contributed by atoms with E-state index in [0.29, 0.717) is 12.3 Å². The Balaban J connectivity index is 1.70. The number of rotatable bonds is 4. The third-order valence-electron chi connectivity index (χ3n) is 5.16. The summed E-state index contributed by atoms with van der Waals surface area (Å²) in [5.41, 5.74) is 3.49. The van der Waals surface area contributed by atoms with Crippen LogP contribution in [0.25, 0.3) is 0 Å². The zero-order valence-electron chi connectivity index (χ0n) is 13.3. The molecule has 0 bridgehead atoms. The first-order valence-electron chi connectivity index (χ1n) is 8.49. The predicted octanol–water partition coefficient (Wildman–Crippen LogP) is 4.65. The van der Waals surface area contributed by atoms with Gasteiger partial charge in [0, 0.05) is 18.2 Å². The predicted molar refractivity (Wildman–Crippen MR) is 91.3 cm³/mol. The van der Waals surface area contributed by atoms with Gasteiger partial charge in [-0.15, -0.1) is 0 Å². The molecule has 1 unspecified atom stereocenters. The quantitative estimate of drug-likeness (QED) is 0.875. The molecule has 0 aliphatic heterocycles. The number of hydrogen-bond donors (Lipinski definition) is 1. The Hall–Kier alpha value is -1.83. The van der Waals surface area contributed by atoms with Crippen molar-refractivity contribution in [3.63, 3.8) is 0 Å². The fraction of sp³-hybridized carbons (Fsp3) is 0.450. The molecule has 0 amide bonds. The van der Waals surface area contributed by atoms with Crippen molar-refractivity contribution in [1.29, 1.82) is 0 Å². The van der Waals surface area contributed by atoms with E-state index in [0.717, 1.165) is 11.5 Å². The van der Waals surface area contributed by atoms with Crippen molar-refractivity contribution >= 4 is 0 Å². The van der Waals surface area contributed by atoms with Crippen LogP contribution in [0, 0.1) is 5.92 Å². The summed E-state index contributed by atoms with van der Waals surface area (Å²) in [6, 6.07) is 12.7. The molecule has 1 heterocycles. The molecule has 1 aliphatic rings. The molecule has 2 heteroatoms. The van der Waals surface area contributed by atoms with Crippen LogP contribution in [0.4, 0.5) is 0 Å². The first-order valence-corrected chi connectivity index (χ1v) is 8.49. The largest absolute Gasteiger partial charge is 0.329 e. The van der Waals surface area contributed by atoms with Gasteiger partial charge in [-0.2, -0.15) is 0 Å². The highest BCUT2D eigenvalue weighted by atomic mass is 16.1. The number of H-pyrrole nitrogens is 1. The van der Waals surface area contributed by atoms with Crippen LogP contribution in [-0.2, 0) is 6.42 Å². The van der Waals surface area contributed by atoms with Gasteiger partial charge in [0.1, 0.15) is 0 Å². The van der Waals surface area contributed by atoms with E-state index in [-0.39, 0.29) is 5.56 Å². The number of aromatic nitrogens is 1. The number of aromatic amines is 1. The van der Waals surface area contributed by atoms with Gasteiger partial charge in [0.05, 0.1) is 0 Å². The fourth-order valence-electron chi connectivity index (χ4n) is 3.66. The Labute approximate surface area is 132 Å². The Morgan fingerprint density at radius 2 is 1.82 bits per heavy atom. The SMILES string of the molecule is CC(c1ccc(Cc2ccc[nH]c2=O)cc1)C1CCCCC1. The summed E-state index contributed by atoms with van der Waals surface area (Å²) in [4.78, 5) is 14.5. The summed E-state index contributed by atoms with van der Waals surface area (Å²) < 4.78 is 0. The second kappa shape index (κ2) is 6.95. The highest BCUT2D eigenvalue weighted by molar-refractivity contribution is 5.29. The molecule has 2 aromatic rings. The topological polar surface area (TPSA) is 32.9 Å². The Morgan fingerprint density at radius 3 is 2.50 bits per heavy atom. The van der Waals surface area contributed by atoms with Gasteiger partial charge in [-0.05, 0) is 41.9 Å². The minimum Gasteiger partial charge on any atom is -0.329 e. The van der Waals surface area contributed by atoms with E-state index in [9.17, 15) is 4.79 Å². The molecule has 1 N–H and O–H groups in total. The van der Waals surface area contributed by atoms with Crippen molar-refractivity contribution in [3.8, 4) is 0 Å². The van der Waals surface area contributed by atoms with Crippen LogP contribution >= 0.6 is 0 Å². The molecule has 1 aromatic carbocycles. The van der Waals surface area contributed by atoms with Gasteiger partial charge in [-0.3, -0.25) is 4.79 Å². The Kier molecular flexibility index (Phi) is 4.77. The fourth-order valence-corrected chi connectivity index (χ4v) is 3.66. The summed E-state index contributed by atoms with van der Waals surface area (Å²) in [6.45, 7) is 2.37. The van der Waals surface area contributed by atoms with E-state index in [1.807, 2.05) is 12.1 Å². The van der Waals surface area contributed by atoms with Gasteiger partial charge in [-0.25, -0.2) is 0 Å². The van der Waals surface area contributed by atoms with E-state index in [1.165, 1.54) is 43.2 Å². The lowest BCUT2D eigenvalue weighted by atomic mass is 9.78. The number of pyridine rings is 1. The molecule has 1 aliphatic carbocycles. The minimum absolute atomic E-state index is 0.0159. The number of nitrogens with one attached hydrogen (secondary N) is 1. The summed E-state index contributed by atoms with van der Waals surface area (Å²) in [5.74, 6) is 1.49. The van der Waals surface area contributed by atoms with Crippen LogP contribution < -0.4 is 5.56 Å². The highest BCUT2D eigenvalue weighted by Gasteiger charge is 2.21. The van der Waals surface area contributed by atoms with Crippen LogP contribution in [-0.4, -0.2) is 4.98 Å². The minimum atomic E-state index is 0.0159. The maximum atomic E-state index is 11.7. The smallest absolute Gasteiger partial charge is 0.251 e. The average Bonchev–Trinajstić information content (AvgIpc) is 2.58. The number of hydrogen-bond acceptors (Lipinski definition) is 1. The molecule has 116 valence electrons. The second-order valence-corrected chi connectivity index (χ2v) is 6.63. The van der Waals surface area contributed by atoms with Crippen molar-refractivity contribution in [1.82, 2.24) is 4.98 Å². The van der Waals surface area contributed by atoms with Crippen LogP contribution in [0.3, 0.4) is 0 Å². The third kappa shape index (κ3) is 3.49. The third-order valence-corrected chi connectivity index (χ3v) is 5.16. The molecule has 1 aromatic heterocycles. The van der Waals surface area contributed by atoms with Gasteiger partial charge in [0.15, 0.2) is 0 Å². The summed E-state index contributed by atoms with van der Waals surface area (Å²) >= 11 is 0. The van der Waals surface area contributed by atoms with E-state index in [1.54, 1.807) is 6.20 Å². The lowest BCUT2D eigenvalue weighted by molar-refractivity contribution is 0.316. The van der Waals surface area contributed by atoms with Crippen molar-refractivity contribution in [2.45, 2.75) is 51.4 Å². The molecule has 0 spiro atoms. The van der Waals surface area contributed by atoms with Gasteiger partial charge in [-0.1, -0.05) is 56.5 Å². The van der Waals surface area contributed by atoms with Gasteiger partial charge < -0.3 is 4.98 Å². The second-order valence-electron chi connectivity index (χ2n) is 6.63. The van der Waals surface area contributed by atoms with E-state index in [4.69, 9.17) is 0 Å². The Morgan fingerprint density at radius 1 is 1.09 bits per heavy atom. The molecule has 1 atom stereocenters. The van der Waals surface area contributed by atoms with Gasteiger partial charge >= 0.3 is 0 Å². The van der Waals surface area contributed by atoms with Gasteiger partial charge in [0.2, 0.25) is 0 Å². The first-order chi connectivity index (χ1) is 10.7. The molecule has 0 radical (unpaired) electrons. The average molecular weight is 295 g/mol. The molecule has 0 saturated heterocycles. The van der Waals surface area contributed by atoms with Crippen molar-refractivity contribution in [2.75, 3.05) is 0 Å². The molecule has 2 nitrogen and oxygen atoms in total. The lowest BCUT2D eigenvalue weighted by Crippen LogP contribution is -2.14. The molecule has 1 fully saturated rings. The molecule has 22 heavy (non-hydrogen) atoms. The van der Waals surface area contributed by atoms with Crippen molar-refractivity contribution in [3.05, 3.63) is 69.6 Å². The maximum Gasteiger partial charge on any atom is 0.251 e. The van der Waals surface area contributed by atoms with E-state index < -0.39 is 0 Å². The lowest BCUT2D eigenvalue weighted by Gasteiger charge is -2.28. The van der Waals surface area contributed by atoms with Crippen LogP contribution in [0.5, 0.6) is 0 Å². The first kappa shape index (κ1) is 15.1. The zero-order chi connectivity index (χ0) is 15.4. The number of benzene rings is 1.